The van der Waals surface area contributed by atoms with Crippen LogP contribution in [-0.2, 0) is 0 Å². The Balaban J connectivity index is 2.57. The molecule has 6 heteroatoms. The molecule has 0 spiro atoms. The summed E-state index contributed by atoms with van der Waals surface area (Å²) in [5.41, 5.74) is -0.0893. The van der Waals surface area contributed by atoms with Gasteiger partial charge in [-0.3, -0.25) is 0 Å². The molecule has 0 saturated heterocycles. The molecule has 20 heavy (non-hydrogen) atoms. The van der Waals surface area contributed by atoms with E-state index in [4.69, 9.17) is 4.74 Å². The van der Waals surface area contributed by atoms with Crippen LogP contribution >= 0.6 is 31.9 Å². The highest BCUT2D eigenvalue weighted by molar-refractivity contribution is 9.10. The van der Waals surface area contributed by atoms with E-state index < -0.39 is 23.3 Å². The number of ether oxygens (including phenoxy) is 1. The van der Waals surface area contributed by atoms with Crippen LogP contribution in [0, 0.1) is 11.6 Å². The van der Waals surface area contributed by atoms with Crippen LogP contribution in [-0.4, -0.2) is 12.2 Å². The Hall–Kier alpha value is -0.980. The van der Waals surface area contributed by atoms with Gasteiger partial charge in [0.1, 0.15) is 23.5 Å². The van der Waals surface area contributed by atoms with Crippen molar-refractivity contribution >= 4 is 31.9 Å². The molecular formula is C14H10Br2F2O2. The molecule has 106 valence electrons. The Kier molecular flexibility index (Phi) is 4.78. The minimum absolute atomic E-state index is 0.0898. The maximum absolute atomic E-state index is 14.0. The minimum atomic E-state index is -1.45. The molecule has 0 saturated carbocycles. The van der Waals surface area contributed by atoms with Crippen molar-refractivity contribution in [2.45, 2.75) is 6.10 Å². The molecule has 0 aliphatic carbocycles. The van der Waals surface area contributed by atoms with Gasteiger partial charge in [0, 0.05) is 10.0 Å². The number of hydrogen-bond donors (Lipinski definition) is 1. The largest absolute Gasteiger partial charge is 0.497 e. The Bertz CT molecular complexity index is 647. The topological polar surface area (TPSA) is 29.5 Å². The first kappa shape index (κ1) is 15.4. The summed E-state index contributed by atoms with van der Waals surface area (Å²) >= 11 is 6.23. The van der Waals surface area contributed by atoms with Crippen molar-refractivity contribution in [1.82, 2.24) is 0 Å². The normalized spacial score (nSPS) is 12.3. The average molecular weight is 408 g/mol. The second-order valence-electron chi connectivity index (χ2n) is 4.05. The third kappa shape index (κ3) is 2.87. The smallest absolute Gasteiger partial charge is 0.146 e. The zero-order chi connectivity index (χ0) is 14.9. The monoisotopic (exact) mass is 406 g/mol. The quantitative estimate of drug-likeness (QED) is 0.754. The molecular weight excluding hydrogens is 398 g/mol. The number of aliphatic hydroxyl groups is 1. The highest BCUT2D eigenvalue weighted by Crippen LogP contribution is 2.35. The Morgan fingerprint density at radius 1 is 1.10 bits per heavy atom. The first-order valence-electron chi connectivity index (χ1n) is 5.60. The van der Waals surface area contributed by atoms with Crippen molar-refractivity contribution in [2.75, 3.05) is 7.11 Å². The van der Waals surface area contributed by atoms with E-state index in [1.54, 1.807) is 12.1 Å². The van der Waals surface area contributed by atoms with Crippen molar-refractivity contribution in [3.05, 3.63) is 62.0 Å². The fraction of sp³-hybridized carbons (Fsp3) is 0.143. The number of rotatable bonds is 3. The summed E-state index contributed by atoms with van der Waals surface area (Å²) in [6, 6.07) is 7.19. The lowest BCUT2D eigenvalue weighted by Gasteiger charge is -2.16. The first-order chi connectivity index (χ1) is 9.45. The Morgan fingerprint density at radius 2 is 1.75 bits per heavy atom. The van der Waals surface area contributed by atoms with Crippen molar-refractivity contribution in [3.63, 3.8) is 0 Å². The van der Waals surface area contributed by atoms with Crippen LogP contribution < -0.4 is 4.74 Å². The van der Waals surface area contributed by atoms with E-state index in [9.17, 15) is 13.9 Å². The molecule has 2 aromatic rings. The summed E-state index contributed by atoms with van der Waals surface area (Å²) in [5, 5.41) is 10.3. The third-order valence-electron chi connectivity index (χ3n) is 2.85. The molecule has 0 aliphatic rings. The number of aliphatic hydroxyl groups excluding tert-OH is 1. The van der Waals surface area contributed by atoms with Crippen LogP contribution in [0.4, 0.5) is 8.78 Å². The average Bonchev–Trinajstić information content (AvgIpc) is 2.43. The number of hydrogen-bond acceptors (Lipinski definition) is 2. The van der Waals surface area contributed by atoms with Crippen LogP contribution in [0.15, 0.2) is 39.3 Å². The minimum Gasteiger partial charge on any atom is -0.497 e. The van der Waals surface area contributed by atoms with E-state index in [2.05, 4.69) is 31.9 Å². The van der Waals surface area contributed by atoms with Gasteiger partial charge in [-0.2, -0.15) is 0 Å². The number of benzene rings is 2. The predicted octanol–water partition coefficient (Wildman–Crippen LogP) is 4.58. The summed E-state index contributed by atoms with van der Waals surface area (Å²) in [6.45, 7) is 0. The van der Waals surface area contributed by atoms with E-state index in [1.165, 1.54) is 19.2 Å². The highest BCUT2D eigenvalue weighted by Gasteiger charge is 2.23. The molecule has 0 amide bonds. The molecule has 1 atom stereocenters. The van der Waals surface area contributed by atoms with Crippen LogP contribution in [0.25, 0.3) is 0 Å². The molecule has 1 unspecified atom stereocenters. The van der Waals surface area contributed by atoms with Gasteiger partial charge in [0.2, 0.25) is 0 Å². The van der Waals surface area contributed by atoms with Gasteiger partial charge >= 0.3 is 0 Å². The summed E-state index contributed by atoms with van der Waals surface area (Å²) < 4.78 is 33.5. The van der Waals surface area contributed by atoms with Crippen LogP contribution in [0.2, 0.25) is 0 Å². The van der Waals surface area contributed by atoms with E-state index >= 15 is 0 Å². The fourth-order valence-electron chi connectivity index (χ4n) is 1.81. The molecule has 2 nitrogen and oxygen atoms in total. The van der Waals surface area contributed by atoms with E-state index in [-0.39, 0.29) is 4.47 Å². The highest BCUT2D eigenvalue weighted by atomic mass is 79.9. The van der Waals surface area contributed by atoms with Crippen LogP contribution in [0.5, 0.6) is 5.75 Å². The van der Waals surface area contributed by atoms with Gasteiger partial charge in [0.25, 0.3) is 0 Å². The van der Waals surface area contributed by atoms with Crippen LogP contribution in [0.3, 0.4) is 0 Å². The second kappa shape index (κ2) is 6.20. The van der Waals surface area contributed by atoms with Gasteiger partial charge in [0.15, 0.2) is 0 Å². The van der Waals surface area contributed by atoms with Crippen molar-refractivity contribution < 1.29 is 18.6 Å². The molecule has 0 aromatic heterocycles. The predicted molar refractivity (Wildman–Crippen MR) is 78.8 cm³/mol. The zero-order valence-electron chi connectivity index (χ0n) is 10.3. The summed E-state index contributed by atoms with van der Waals surface area (Å²) in [7, 11) is 1.47. The van der Waals surface area contributed by atoms with Gasteiger partial charge in [-0.05, 0) is 46.3 Å². The zero-order valence-corrected chi connectivity index (χ0v) is 13.5. The van der Waals surface area contributed by atoms with E-state index in [0.717, 1.165) is 6.07 Å². The summed E-state index contributed by atoms with van der Waals surface area (Å²) in [4.78, 5) is 0. The lowest BCUT2D eigenvalue weighted by molar-refractivity contribution is 0.207. The van der Waals surface area contributed by atoms with Gasteiger partial charge < -0.3 is 9.84 Å². The number of halogens is 4. The lowest BCUT2D eigenvalue weighted by atomic mass is 10.0. The van der Waals surface area contributed by atoms with Gasteiger partial charge in [0.05, 0.1) is 17.1 Å². The van der Waals surface area contributed by atoms with Crippen LogP contribution in [0.1, 0.15) is 17.2 Å². The van der Waals surface area contributed by atoms with E-state index in [1.807, 2.05) is 0 Å². The van der Waals surface area contributed by atoms with Gasteiger partial charge in [-0.15, -0.1) is 0 Å². The first-order valence-corrected chi connectivity index (χ1v) is 7.19. The van der Waals surface area contributed by atoms with E-state index in [0.29, 0.717) is 15.8 Å². The molecule has 0 fully saturated rings. The molecule has 0 radical (unpaired) electrons. The van der Waals surface area contributed by atoms with Crippen molar-refractivity contribution in [1.29, 1.82) is 0 Å². The fourth-order valence-corrected chi connectivity index (χ4v) is 2.62. The maximum Gasteiger partial charge on any atom is 0.146 e. The molecule has 2 aromatic carbocycles. The summed E-state index contributed by atoms with van der Waals surface area (Å²) in [6.07, 6.45) is -1.45. The second-order valence-corrected chi connectivity index (χ2v) is 5.76. The lowest BCUT2D eigenvalue weighted by Crippen LogP contribution is -2.07. The molecule has 2 rings (SSSR count). The SMILES string of the molecule is COc1ccc(Br)c(C(O)c2c(F)ccc(Br)c2F)c1. The Morgan fingerprint density at radius 3 is 2.40 bits per heavy atom. The maximum atomic E-state index is 14.0. The summed E-state index contributed by atoms with van der Waals surface area (Å²) in [5.74, 6) is -1.15. The molecule has 1 N–H and O–H groups in total. The third-order valence-corrected chi connectivity index (χ3v) is 4.19. The standard InChI is InChI=1S/C14H10Br2F2O2/c1-20-7-2-3-9(15)8(6-7)14(19)12-11(17)5-4-10(16)13(12)18/h2-6,14,19H,1H3. The van der Waals surface area contributed by atoms with Crippen molar-refractivity contribution in [3.8, 4) is 5.75 Å². The molecule has 0 bridgehead atoms. The molecule has 0 aliphatic heterocycles. The molecule has 0 heterocycles. The van der Waals surface area contributed by atoms with Gasteiger partial charge in [-0.25, -0.2) is 8.78 Å². The van der Waals surface area contributed by atoms with Crippen molar-refractivity contribution in [2.24, 2.45) is 0 Å². The Labute approximate surface area is 131 Å². The van der Waals surface area contributed by atoms with Gasteiger partial charge in [-0.1, -0.05) is 15.9 Å². The number of methoxy groups -OCH3 is 1.